The van der Waals surface area contributed by atoms with Crippen molar-refractivity contribution in [3.63, 3.8) is 0 Å². The molecule has 4 aromatic rings. The topological polar surface area (TPSA) is 76.6 Å². The van der Waals surface area contributed by atoms with Crippen LogP contribution in [-0.2, 0) is 4.79 Å². The Morgan fingerprint density at radius 3 is 2.77 bits per heavy atom. The number of anilines is 2. The van der Waals surface area contributed by atoms with Gasteiger partial charge in [-0.1, -0.05) is 17.8 Å². The Hall–Kier alpha value is -3.47. The van der Waals surface area contributed by atoms with Crippen LogP contribution in [0.4, 0.5) is 15.3 Å². The molecule has 0 unspecified atom stereocenters. The Morgan fingerprint density at radius 2 is 2.00 bits per heavy atom. The molecular weight excluding hydrogens is 535 g/mol. The van der Waals surface area contributed by atoms with Crippen LogP contribution in [0.25, 0.3) is 0 Å². The number of methoxy groups -OCH3 is 1. The second-order valence-electron chi connectivity index (χ2n) is 9.25. The number of hydrogen-bond donors (Lipinski definition) is 1. The van der Waals surface area contributed by atoms with E-state index in [0.29, 0.717) is 35.3 Å². The van der Waals surface area contributed by atoms with Gasteiger partial charge in [0.15, 0.2) is 16.7 Å². The molecule has 0 aliphatic carbocycles. The van der Waals surface area contributed by atoms with E-state index in [0.717, 1.165) is 58.6 Å². The molecule has 7 nitrogen and oxygen atoms in total. The summed E-state index contributed by atoms with van der Waals surface area (Å²) in [6.45, 7) is 4.09. The average Bonchev–Trinajstić information content (AvgIpc) is 3.41. The van der Waals surface area contributed by atoms with Gasteiger partial charge in [0.25, 0.3) is 0 Å². The van der Waals surface area contributed by atoms with E-state index in [9.17, 15) is 9.18 Å². The van der Waals surface area contributed by atoms with E-state index in [1.165, 1.54) is 23.5 Å². The van der Waals surface area contributed by atoms with Gasteiger partial charge < -0.3 is 19.6 Å². The van der Waals surface area contributed by atoms with Crippen molar-refractivity contribution in [3.05, 3.63) is 77.2 Å². The van der Waals surface area contributed by atoms with Crippen LogP contribution in [0.5, 0.6) is 17.2 Å². The smallest absolute Gasteiger partial charge is 0.188 e. The summed E-state index contributed by atoms with van der Waals surface area (Å²) in [5.41, 5.74) is 1.74. The van der Waals surface area contributed by atoms with E-state index < -0.39 is 0 Å². The Bertz CT molecular complexity index is 1440. The first-order valence-corrected chi connectivity index (χ1v) is 14.3. The van der Waals surface area contributed by atoms with Crippen molar-refractivity contribution in [2.75, 3.05) is 32.1 Å². The largest absolute Gasteiger partial charge is 0.497 e. The number of nitrogens with zero attached hydrogens (tertiary/aromatic N) is 3. The minimum atomic E-state index is -0.314. The van der Waals surface area contributed by atoms with Crippen molar-refractivity contribution in [2.24, 2.45) is 0 Å². The average molecular weight is 565 g/mol. The number of carbonyl (C=O) groups excluding carboxylic acids is 1. The third-order valence-electron chi connectivity index (χ3n) is 6.55. The maximum Gasteiger partial charge on any atom is 0.188 e. The second-order valence-corrected chi connectivity index (χ2v) is 11.3. The van der Waals surface area contributed by atoms with Crippen LogP contribution in [0.3, 0.4) is 0 Å². The van der Waals surface area contributed by atoms with Crippen molar-refractivity contribution >= 4 is 40.3 Å². The molecule has 1 saturated heterocycles. The lowest BCUT2D eigenvalue weighted by Gasteiger charge is -2.29. The summed E-state index contributed by atoms with van der Waals surface area (Å²) >= 11 is 3.06. The number of piperidine rings is 1. The molecule has 0 amide bonds. The lowest BCUT2D eigenvalue weighted by molar-refractivity contribution is -0.109. The van der Waals surface area contributed by atoms with Gasteiger partial charge in [-0.2, -0.15) is 0 Å². The number of aldehydes is 1. The second kappa shape index (κ2) is 12.6. The number of halogens is 1. The number of likely N-dealkylation sites (tertiary alicyclic amines) is 1. The van der Waals surface area contributed by atoms with Gasteiger partial charge in [-0.3, -0.25) is 4.90 Å². The molecule has 1 aliphatic heterocycles. The summed E-state index contributed by atoms with van der Waals surface area (Å²) in [5.74, 6) is 2.41. The standard InChI is InChI=1S/C29H29FN4O3S2/c1-19-14-21(30)6-7-26(19)37-27-16-24(39-23-5-3-4-22(15-23)36-2)17-31-28(27)33-29-32-25(18-38-29)20-8-10-34(11-9-20)12-13-35/h3-7,13-18,20H,8-12H2,1-2H3,(H,31,32,33). The van der Waals surface area contributed by atoms with E-state index in [1.807, 2.05) is 30.3 Å². The van der Waals surface area contributed by atoms with Crippen molar-refractivity contribution < 1.29 is 18.7 Å². The SMILES string of the molecule is COc1cccc(Sc2cnc(Nc3nc(C4CCN(CC=O)CC4)cs3)c(Oc3ccc(F)cc3C)c2)c1. The van der Waals surface area contributed by atoms with Crippen molar-refractivity contribution in [1.82, 2.24) is 14.9 Å². The van der Waals surface area contributed by atoms with Gasteiger partial charge in [0.2, 0.25) is 0 Å². The highest BCUT2D eigenvalue weighted by Gasteiger charge is 2.23. The Labute approximate surface area is 235 Å². The molecule has 0 spiro atoms. The van der Waals surface area contributed by atoms with E-state index in [4.69, 9.17) is 14.5 Å². The molecule has 10 heteroatoms. The quantitative estimate of drug-likeness (QED) is 0.205. The molecule has 2 aromatic carbocycles. The normalized spacial score (nSPS) is 14.2. The zero-order chi connectivity index (χ0) is 27.2. The number of benzene rings is 2. The van der Waals surface area contributed by atoms with Crippen LogP contribution in [0, 0.1) is 12.7 Å². The minimum absolute atomic E-state index is 0.314. The highest BCUT2D eigenvalue weighted by atomic mass is 32.2. The van der Waals surface area contributed by atoms with Crippen molar-refractivity contribution in [3.8, 4) is 17.2 Å². The first-order valence-electron chi connectivity index (χ1n) is 12.6. The van der Waals surface area contributed by atoms with E-state index >= 15 is 0 Å². The summed E-state index contributed by atoms with van der Waals surface area (Å²) in [4.78, 5) is 24.4. The van der Waals surface area contributed by atoms with Crippen LogP contribution in [-0.4, -0.2) is 47.9 Å². The fraction of sp³-hybridized carbons (Fsp3) is 0.276. The highest BCUT2D eigenvalue weighted by Crippen LogP contribution is 2.39. The monoisotopic (exact) mass is 564 g/mol. The van der Waals surface area contributed by atoms with Gasteiger partial charge in [-0.15, -0.1) is 11.3 Å². The predicted octanol–water partition coefficient (Wildman–Crippen LogP) is 7.06. The van der Waals surface area contributed by atoms with Crippen LogP contribution in [0.1, 0.15) is 30.0 Å². The van der Waals surface area contributed by atoms with Crippen molar-refractivity contribution in [1.29, 1.82) is 0 Å². The molecule has 0 bridgehead atoms. The molecule has 0 radical (unpaired) electrons. The lowest BCUT2D eigenvalue weighted by atomic mass is 9.94. The zero-order valence-electron chi connectivity index (χ0n) is 21.7. The molecule has 202 valence electrons. The molecule has 0 saturated carbocycles. The summed E-state index contributed by atoms with van der Waals surface area (Å²) in [6.07, 6.45) is 4.70. The van der Waals surface area contributed by atoms with Gasteiger partial charge >= 0.3 is 0 Å². The number of rotatable bonds is 10. The fourth-order valence-corrected chi connectivity index (χ4v) is 6.11. The zero-order valence-corrected chi connectivity index (χ0v) is 23.4. The van der Waals surface area contributed by atoms with Gasteiger partial charge in [0, 0.05) is 33.4 Å². The van der Waals surface area contributed by atoms with E-state index in [2.05, 4.69) is 20.6 Å². The lowest BCUT2D eigenvalue weighted by Crippen LogP contribution is -2.34. The number of hydrogen-bond acceptors (Lipinski definition) is 9. The Morgan fingerprint density at radius 1 is 1.15 bits per heavy atom. The van der Waals surface area contributed by atoms with Crippen molar-refractivity contribution in [2.45, 2.75) is 35.5 Å². The molecule has 1 fully saturated rings. The molecule has 39 heavy (non-hydrogen) atoms. The number of ether oxygens (including phenoxy) is 2. The van der Waals surface area contributed by atoms with Crippen LogP contribution < -0.4 is 14.8 Å². The van der Waals surface area contributed by atoms with Crippen LogP contribution in [0.15, 0.2) is 69.9 Å². The molecular formula is C29H29FN4O3S2. The Kier molecular flexibility index (Phi) is 8.75. The fourth-order valence-electron chi connectivity index (χ4n) is 4.45. The van der Waals surface area contributed by atoms with E-state index in [-0.39, 0.29) is 5.82 Å². The summed E-state index contributed by atoms with van der Waals surface area (Å²) in [5, 5.41) is 6.14. The van der Waals surface area contributed by atoms with E-state index in [1.54, 1.807) is 38.1 Å². The molecule has 2 aromatic heterocycles. The number of pyridine rings is 1. The predicted molar refractivity (Wildman–Crippen MR) is 152 cm³/mol. The minimum Gasteiger partial charge on any atom is -0.497 e. The molecule has 5 rings (SSSR count). The first-order chi connectivity index (χ1) is 19.0. The van der Waals surface area contributed by atoms with Gasteiger partial charge in [0.05, 0.1) is 19.3 Å². The number of carbonyl (C=O) groups is 1. The Balaban J connectivity index is 1.37. The molecule has 0 atom stereocenters. The van der Waals surface area contributed by atoms with Crippen LogP contribution >= 0.6 is 23.1 Å². The maximum absolute atomic E-state index is 13.7. The maximum atomic E-state index is 13.7. The van der Waals surface area contributed by atoms with Gasteiger partial charge in [-0.05, 0) is 74.8 Å². The number of aromatic nitrogens is 2. The van der Waals surface area contributed by atoms with Gasteiger partial charge in [-0.25, -0.2) is 14.4 Å². The number of nitrogens with one attached hydrogen (secondary N) is 1. The summed E-state index contributed by atoms with van der Waals surface area (Å²) < 4.78 is 25.3. The molecule has 3 heterocycles. The number of aryl methyl sites for hydroxylation is 1. The highest BCUT2D eigenvalue weighted by molar-refractivity contribution is 7.99. The first kappa shape index (κ1) is 27.1. The third-order valence-corrected chi connectivity index (χ3v) is 8.27. The molecule has 1 N–H and O–H groups in total. The molecule has 1 aliphatic rings. The summed E-state index contributed by atoms with van der Waals surface area (Å²) in [7, 11) is 1.64. The van der Waals surface area contributed by atoms with Gasteiger partial charge in [0.1, 0.15) is 23.6 Å². The third kappa shape index (κ3) is 6.95. The summed E-state index contributed by atoms with van der Waals surface area (Å²) in [6, 6.07) is 14.2. The number of thiazole rings is 1. The van der Waals surface area contributed by atoms with Crippen LogP contribution in [0.2, 0.25) is 0 Å².